The summed E-state index contributed by atoms with van der Waals surface area (Å²) in [4.78, 5) is 0. The third kappa shape index (κ3) is 4.01. The molecule has 1 saturated carbocycles. The summed E-state index contributed by atoms with van der Waals surface area (Å²) in [5.74, 6) is 1.64. The number of benzene rings is 1. The fourth-order valence-corrected chi connectivity index (χ4v) is 3.86. The van der Waals surface area contributed by atoms with Crippen molar-refractivity contribution in [2.75, 3.05) is 0 Å². The van der Waals surface area contributed by atoms with E-state index in [2.05, 4.69) is 39.0 Å². The van der Waals surface area contributed by atoms with Gasteiger partial charge in [-0.15, -0.1) is 11.6 Å². The topological polar surface area (TPSA) is 0 Å². The van der Waals surface area contributed by atoms with E-state index in [9.17, 15) is 0 Å². The van der Waals surface area contributed by atoms with Crippen LogP contribution in [0.1, 0.15) is 73.9 Å². The van der Waals surface area contributed by atoms with Gasteiger partial charge in [-0.3, -0.25) is 0 Å². The fourth-order valence-electron chi connectivity index (χ4n) is 3.47. The van der Waals surface area contributed by atoms with Crippen LogP contribution in [0.5, 0.6) is 0 Å². The van der Waals surface area contributed by atoms with Crippen molar-refractivity contribution < 1.29 is 0 Å². The van der Waals surface area contributed by atoms with Gasteiger partial charge in [0.1, 0.15) is 0 Å². The van der Waals surface area contributed by atoms with E-state index in [1.54, 1.807) is 0 Å². The Labute approximate surface area is 129 Å². The molecule has 0 amide bonds. The molecule has 0 aliphatic heterocycles. The molecular weight excluding hydrogens is 264 g/mol. The Balaban J connectivity index is 1.91. The first-order valence-electron chi connectivity index (χ1n) is 8.33. The van der Waals surface area contributed by atoms with Crippen LogP contribution in [0, 0.1) is 25.7 Å². The highest BCUT2D eigenvalue weighted by atomic mass is 35.5. The molecule has 0 spiro atoms. The standard InChI is InChI=1S/C19H29Cl/c1-4-5-6-16-8-11-17(12-9-16)19(20)18-10-7-14(2)15(3)13-18/h7,10,13,16-17,19H,4-6,8-9,11-12H2,1-3H3. The second-order valence-electron chi connectivity index (χ2n) is 6.67. The molecule has 0 radical (unpaired) electrons. The van der Waals surface area contributed by atoms with Crippen molar-refractivity contribution in [3.05, 3.63) is 34.9 Å². The molecule has 0 nitrogen and oxygen atoms in total. The van der Waals surface area contributed by atoms with E-state index < -0.39 is 0 Å². The van der Waals surface area contributed by atoms with Gasteiger partial charge in [-0.1, -0.05) is 57.2 Å². The fraction of sp³-hybridized carbons (Fsp3) is 0.684. The van der Waals surface area contributed by atoms with Crippen LogP contribution >= 0.6 is 11.6 Å². The molecule has 2 rings (SSSR count). The lowest BCUT2D eigenvalue weighted by molar-refractivity contribution is 0.254. The molecule has 0 saturated heterocycles. The Morgan fingerprint density at radius 3 is 2.40 bits per heavy atom. The highest BCUT2D eigenvalue weighted by Crippen LogP contribution is 2.41. The molecule has 20 heavy (non-hydrogen) atoms. The lowest BCUT2D eigenvalue weighted by Gasteiger charge is -2.31. The molecule has 1 fully saturated rings. The highest BCUT2D eigenvalue weighted by molar-refractivity contribution is 6.21. The Hall–Kier alpha value is -0.490. The lowest BCUT2D eigenvalue weighted by atomic mass is 9.77. The first kappa shape index (κ1) is 15.9. The molecule has 0 N–H and O–H groups in total. The zero-order chi connectivity index (χ0) is 14.5. The van der Waals surface area contributed by atoms with Gasteiger partial charge < -0.3 is 0 Å². The van der Waals surface area contributed by atoms with Crippen molar-refractivity contribution in [1.82, 2.24) is 0 Å². The van der Waals surface area contributed by atoms with E-state index in [1.165, 1.54) is 61.6 Å². The second-order valence-corrected chi connectivity index (χ2v) is 7.14. The van der Waals surface area contributed by atoms with Crippen LogP contribution in [0.3, 0.4) is 0 Å². The van der Waals surface area contributed by atoms with Crippen molar-refractivity contribution in [3.63, 3.8) is 0 Å². The summed E-state index contributed by atoms with van der Waals surface area (Å²) in [5, 5.41) is 0.210. The van der Waals surface area contributed by atoms with Crippen molar-refractivity contribution in [1.29, 1.82) is 0 Å². The summed E-state index contributed by atoms with van der Waals surface area (Å²) >= 11 is 6.76. The van der Waals surface area contributed by atoms with E-state index in [0.717, 1.165) is 5.92 Å². The van der Waals surface area contributed by atoms with Gasteiger partial charge in [0.15, 0.2) is 0 Å². The van der Waals surface area contributed by atoms with Gasteiger partial charge in [0.05, 0.1) is 5.38 Å². The summed E-state index contributed by atoms with van der Waals surface area (Å²) in [5.41, 5.74) is 4.05. The first-order valence-corrected chi connectivity index (χ1v) is 8.76. The SMILES string of the molecule is CCCCC1CCC(C(Cl)c2ccc(C)c(C)c2)CC1. The molecule has 1 atom stereocenters. The van der Waals surface area contributed by atoms with E-state index in [-0.39, 0.29) is 5.38 Å². The average Bonchev–Trinajstić information content (AvgIpc) is 2.48. The maximum Gasteiger partial charge on any atom is 0.0613 e. The summed E-state index contributed by atoms with van der Waals surface area (Å²) in [6.45, 7) is 6.64. The van der Waals surface area contributed by atoms with Crippen LogP contribution in [0.15, 0.2) is 18.2 Å². The number of hydrogen-bond donors (Lipinski definition) is 0. The Kier molecular flexibility index (Phi) is 5.96. The smallest absolute Gasteiger partial charge is 0.0613 e. The molecule has 1 aliphatic carbocycles. The van der Waals surface area contributed by atoms with Crippen LogP contribution in [-0.2, 0) is 0 Å². The summed E-state index contributed by atoms with van der Waals surface area (Å²) in [6, 6.07) is 6.73. The Bertz CT molecular complexity index is 416. The molecule has 112 valence electrons. The molecule has 1 aliphatic rings. The third-order valence-electron chi connectivity index (χ3n) is 5.12. The van der Waals surface area contributed by atoms with Crippen molar-refractivity contribution in [2.45, 2.75) is 71.1 Å². The van der Waals surface area contributed by atoms with E-state index in [0.29, 0.717) is 5.92 Å². The predicted molar refractivity (Wildman–Crippen MR) is 89.5 cm³/mol. The number of halogens is 1. The van der Waals surface area contributed by atoms with Gasteiger partial charge in [-0.2, -0.15) is 0 Å². The monoisotopic (exact) mass is 292 g/mol. The van der Waals surface area contributed by atoms with E-state index in [1.807, 2.05) is 0 Å². The summed E-state index contributed by atoms with van der Waals surface area (Å²) < 4.78 is 0. The predicted octanol–water partition coefficient (Wildman–Crippen LogP) is 6.58. The molecule has 0 bridgehead atoms. The lowest BCUT2D eigenvalue weighted by Crippen LogP contribution is -2.18. The van der Waals surface area contributed by atoms with Crippen LogP contribution in [0.2, 0.25) is 0 Å². The minimum absolute atomic E-state index is 0.210. The highest BCUT2D eigenvalue weighted by Gasteiger charge is 2.27. The van der Waals surface area contributed by atoms with Gasteiger partial charge in [0.25, 0.3) is 0 Å². The maximum atomic E-state index is 6.76. The van der Waals surface area contributed by atoms with Crippen molar-refractivity contribution in [3.8, 4) is 0 Å². The zero-order valence-electron chi connectivity index (χ0n) is 13.3. The van der Waals surface area contributed by atoms with E-state index in [4.69, 9.17) is 11.6 Å². The summed E-state index contributed by atoms with van der Waals surface area (Å²) in [7, 11) is 0. The molecule has 0 aromatic heterocycles. The van der Waals surface area contributed by atoms with Crippen LogP contribution < -0.4 is 0 Å². The Morgan fingerprint density at radius 1 is 1.10 bits per heavy atom. The number of rotatable bonds is 5. The minimum atomic E-state index is 0.210. The molecule has 0 heterocycles. The quantitative estimate of drug-likeness (QED) is 0.538. The van der Waals surface area contributed by atoms with Gasteiger partial charge in [-0.05, 0) is 55.2 Å². The van der Waals surface area contributed by atoms with Crippen LogP contribution in [-0.4, -0.2) is 0 Å². The van der Waals surface area contributed by atoms with Crippen LogP contribution in [0.4, 0.5) is 0 Å². The largest absolute Gasteiger partial charge is 0.118 e. The summed E-state index contributed by atoms with van der Waals surface area (Å²) in [6.07, 6.45) is 9.57. The number of aryl methyl sites for hydroxylation is 2. The number of hydrogen-bond acceptors (Lipinski definition) is 0. The minimum Gasteiger partial charge on any atom is -0.118 e. The third-order valence-corrected chi connectivity index (χ3v) is 5.73. The molecular formula is C19H29Cl. The molecule has 1 aromatic carbocycles. The molecule has 1 heteroatoms. The zero-order valence-corrected chi connectivity index (χ0v) is 14.0. The first-order chi connectivity index (χ1) is 9.61. The molecule has 1 unspecified atom stereocenters. The number of unbranched alkanes of at least 4 members (excludes halogenated alkanes) is 1. The van der Waals surface area contributed by atoms with Crippen molar-refractivity contribution in [2.24, 2.45) is 11.8 Å². The second kappa shape index (κ2) is 7.50. The van der Waals surface area contributed by atoms with Crippen molar-refractivity contribution >= 4 is 11.6 Å². The number of alkyl halides is 1. The van der Waals surface area contributed by atoms with Gasteiger partial charge in [0.2, 0.25) is 0 Å². The van der Waals surface area contributed by atoms with Gasteiger partial charge in [0, 0.05) is 0 Å². The van der Waals surface area contributed by atoms with Crippen LogP contribution in [0.25, 0.3) is 0 Å². The van der Waals surface area contributed by atoms with Gasteiger partial charge >= 0.3 is 0 Å². The van der Waals surface area contributed by atoms with E-state index >= 15 is 0 Å². The van der Waals surface area contributed by atoms with Gasteiger partial charge in [-0.25, -0.2) is 0 Å². The average molecular weight is 293 g/mol. The maximum absolute atomic E-state index is 6.76. The normalized spacial score (nSPS) is 24.6. The Morgan fingerprint density at radius 2 is 1.80 bits per heavy atom. The molecule has 1 aromatic rings.